The van der Waals surface area contributed by atoms with Gasteiger partial charge >= 0.3 is 0 Å². The Labute approximate surface area is 273 Å². The van der Waals surface area contributed by atoms with Gasteiger partial charge in [0.05, 0.1) is 5.60 Å². The number of likely N-dealkylation sites (tertiary alicyclic amines) is 2. The summed E-state index contributed by atoms with van der Waals surface area (Å²) in [5.41, 5.74) is 9.31. The lowest BCUT2D eigenvalue weighted by molar-refractivity contribution is -0.113. The van der Waals surface area contributed by atoms with E-state index in [0.717, 1.165) is 88.9 Å². The van der Waals surface area contributed by atoms with Crippen molar-refractivity contribution in [2.45, 2.75) is 49.5 Å². The first-order valence-corrected chi connectivity index (χ1v) is 15.3. The first kappa shape index (κ1) is 35.1. The lowest BCUT2D eigenvalue weighted by Crippen LogP contribution is -2.45. The summed E-state index contributed by atoms with van der Waals surface area (Å²) in [5.74, 6) is -0.347. The molecule has 232 valence electrons. The smallest absolute Gasteiger partial charge is 0.241 e. The van der Waals surface area contributed by atoms with Crippen LogP contribution in [0.15, 0.2) is 96.6 Å². The predicted octanol–water partition coefficient (Wildman–Crippen LogP) is 6.74. The standard InChI is InChI=1S/C35H42ClN3O2.2ClH/c36-32-14-12-31(13-15-32)35(41)19-24-38(25-20-35)21-7-18-34(29-8-3-1-4-9-29,30-10-5-2-6-11-30)27-39-22-16-28(17-23-39)26-33(37)40;;/h1-6,8-15,26,41H,7,16-25,27H2,(H2,37,40);2*1H. The van der Waals surface area contributed by atoms with E-state index in [1.165, 1.54) is 11.1 Å². The Morgan fingerprint density at radius 2 is 1.37 bits per heavy atom. The predicted molar refractivity (Wildman–Crippen MR) is 181 cm³/mol. The van der Waals surface area contributed by atoms with Crippen LogP contribution in [0, 0.1) is 0 Å². The number of carbonyl (C=O) groups excluding carboxylic acids is 1. The summed E-state index contributed by atoms with van der Waals surface area (Å²) in [6, 6.07) is 29.6. The zero-order valence-electron chi connectivity index (χ0n) is 24.7. The highest BCUT2D eigenvalue weighted by Crippen LogP contribution is 2.39. The largest absolute Gasteiger partial charge is 0.385 e. The van der Waals surface area contributed by atoms with E-state index in [9.17, 15) is 9.90 Å². The van der Waals surface area contributed by atoms with Crippen LogP contribution in [-0.4, -0.2) is 60.1 Å². The molecule has 0 aromatic heterocycles. The number of primary amides is 1. The second-order valence-corrected chi connectivity index (χ2v) is 12.2. The number of hydrogen-bond acceptors (Lipinski definition) is 4. The Morgan fingerprint density at radius 3 is 1.88 bits per heavy atom. The van der Waals surface area contributed by atoms with Gasteiger partial charge in [0, 0.05) is 49.2 Å². The monoisotopic (exact) mass is 643 g/mol. The van der Waals surface area contributed by atoms with Crippen molar-refractivity contribution < 1.29 is 9.90 Å². The molecule has 3 aromatic rings. The lowest BCUT2D eigenvalue weighted by atomic mass is 9.70. The van der Waals surface area contributed by atoms with Gasteiger partial charge in [-0.05, 0) is 73.9 Å². The number of hydrogen-bond donors (Lipinski definition) is 2. The minimum Gasteiger partial charge on any atom is -0.385 e. The Kier molecular flexibility index (Phi) is 13.1. The summed E-state index contributed by atoms with van der Waals surface area (Å²) >= 11 is 6.08. The van der Waals surface area contributed by atoms with Crippen molar-refractivity contribution in [2.24, 2.45) is 5.73 Å². The second kappa shape index (κ2) is 16.1. The molecule has 0 bridgehead atoms. The Morgan fingerprint density at radius 1 is 0.837 bits per heavy atom. The molecule has 5 nitrogen and oxygen atoms in total. The molecule has 2 aliphatic heterocycles. The van der Waals surface area contributed by atoms with Crippen molar-refractivity contribution in [1.82, 2.24) is 9.80 Å². The number of piperidine rings is 2. The summed E-state index contributed by atoms with van der Waals surface area (Å²) in [6.45, 7) is 5.55. The van der Waals surface area contributed by atoms with E-state index < -0.39 is 5.60 Å². The highest BCUT2D eigenvalue weighted by molar-refractivity contribution is 6.30. The van der Waals surface area contributed by atoms with Crippen LogP contribution in [0.5, 0.6) is 0 Å². The van der Waals surface area contributed by atoms with Crippen molar-refractivity contribution in [3.05, 3.63) is 118 Å². The zero-order valence-corrected chi connectivity index (χ0v) is 27.1. The average molecular weight is 645 g/mol. The highest BCUT2D eigenvalue weighted by atomic mass is 35.5. The lowest BCUT2D eigenvalue weighted by Gasteiger charge is -2.42. The number of benzene rings is 3. The fourth-order valence-corrected chi connectivity index (χ4v) is 6.88. The van der Waals surface area contributed by atoms with Crippen molar-refractivity contribution in [2.75, 3.05) is 39.3 Å². The molecule has 2 heterocycles. The van der Waals surface area contributed by atoms with Gasteiger partial charge in [0.25, 0.3) is 0 Å². The van der Waals surface area contributed by atoms with E-state index in [0.29, 0.717) is 5.02 Å². The van der Waals surface area contributed by atoms with Gasteiger partial charge in [-0.15, -0.1) is 24.8 Å². The second-order valence-electron chi connectivity index (χ2n) is 11.8. The minimum absolute atomic E-state index is 0. The molecule has 2 fully saturated rings. The van der Waals surface area contributed by atoms with Crippen LogP contribution in [0.2, 0.25) is 5.02 Å². The quantitative estimate of drug-likeness (QED) is 0.240. The minimum atomic E-state index is -0.783. The molecule has 0 atom stereocenters. The maximum Gasteiger partial charge on any atom is 0.241 e. The van der Waals surface area contributed by atoms with E-state index >= 15 is 0 Å². The van der Waals surface area contributed by atoms with E-state index in [1.54, 1.807) is 6.08 Å². The molecule has 0 spiro atoms. The third-order valence-electron chi connectivity index (χ3n) is 9.13. The molecular formula is C35H44Cl3N3O2. The van der Waals surface area contributed by atoms with Crippen molar-refractivity contribution in [1.29, 1.82) is 0 Å². The molecule has 0 saturated carbocycles. The van der Waals surface area contributed by atoms with E-state index in [-0.39, 0.29) is 36.1 Å². The van der Waals surface area contributed by atoms with Gasteiger partial charge in [-0.3, -0.25) is 4.79 Å². The van der Waals surface area contributed by atoms with Crippen LogP contribution in [0.3, 0.4) is 0 Å². The van der Waals surface area contributed by atoms with Crippen molar-refractivity contribution in [3.8, 4) is 0 Å². The summed E-state index contributed by atoms with van der Waals surface area (Å²) in [6.07, 6.45) is 6.92. The van der Waals surface area contributed by atoms with Crippen LogP contribution in [-0.2, 0) is 15.8 Å². The average Bonchev–Trinajstić information content (AvgIpc) is 2.99. The van der Waals surface area contributed by atoms with Crippen LogP contribution >= 0.6 is 36.4 Å². The Hall–Kier alpha value is -2.38. The van der Waals surface area contributed by atoms with E-state index in [4.69, 9.17) is 17.3 Å². The van der Waals surface area contributed by atoms with Gasteiger partial charge < -0.3 is 20.6 Å². The van der Waals surface area contributed by atoms with Crippen molar-refractivity contribution in [3.63, 3.8) is 0 Å². The molecule has 2 aliphatic rings. The maximum atomic E-state index is 11.4. The van der Waals surface area contributed by atoms with Crippen LogP contribution in [0.25, 0.3) is 0 Å². The summed E-state index contributed by atoms with van der Waals surface area (Å²) in [7, 11) is 0. The van der Waals surface area contributed by atoms with Gasteiger partial charge in [-0.1, -0.05) is 90.0 Å². The molecule has 0 unspecified atom stereocenters. The van der Waals surface area contributed by atoms with Gasteiger partial charge in [-0.25, -0.2) is 0 Å². The first-order chi connectivity index (χ1) is 19.9. The van der Waals surface area contributed by atoms with Crippen LogP contribution < -0.4 is 5.73 Å². The molecule has 3 aromatic carbocycles. The van der Waals surface area contributed by atoms with Gasteiger partial charge in [0.2, 0.25) is 5.91 Å². The van der Waals surface area contributed by atoms with Gasteiger partial charge in [0.15, 0.2) is 0 Å². The molecule has 5 rings (SSSR count). The fourth-order valence-electron chi connectivity index (χ4n) is 6.76. The SMILES string of the molecule is Cl.Cl.NC(=O)C=C1CCN(CC(CCCN2CCC(O)(c3ccc(Cl)cc3)CC2)(c2ccccc2)c2ccccc2)CC1. The Bertz CT molecular complexity index is 1260. The van der Waals surface area contributed by atoms with E-state index in [1.807, 2.05) is 24.3 Å². The molecular weight excluding hydrogens is 601 g/mol. The van der Waals surface area contributed by atoms with E-state index in [2.05, 4.69) is 70.5 Å². The number of amides is 1. The van der Waals surface area contributed by atoms with Crippen LogP contribution in [0.1, 0.15) is 55.2 Å². The molecule has 43 heavy (non-hydrogen) atoms. The molecule has 3 N–H and O–H groups in total. The fraction of sp³-hybridized carbons (Fsp3) is 0.400. The maximum absolute atomic E-state index is 11.4. The molecule has 0 aliphatic carbocycles. The topological polar surface area (TPSA) is 69.8 Å². The highest BCUT2D eigenvalue weighted by Gasteiger charge is 2.38. The third kappa shape index (κ3) is 8.85. The first-order valence-electron chi connectivity index (χ1n) is 14.9. The van der Waals surface area contributed by atoms with Crippen LogP contribution in [0.4, 0.5) is 0 Å². The third-order valence-corrected chi connectivity index (χ3v) is 9.39. The molecule has 1 amide bonds. The summed E-state index contributed by atoms with van der Waals surface area (Å²) in [4.78, 5) is 16.5. The van der Waals surface area contributed by atoms with Gasteiger partial charge in [0.1, 0.15) is 0 Å². The molecule has 0 radical (unpaired) electrons. The number of carbonyl (C=O) groups is 1. The number of rotatable bonds is 10. The summed E-state index contributed by atoms with van der Waals surface area (Å²) < 4.78 is 0. The normalized spacial score (nSPS) is 17.4. The molecule has 2 saturated heterocycles. The van der Waals surface area contributed by atoms with Crippen molar-refractivity contribution >= 4 is 42.3 Å². The Balaban J connectivity index is 0.00000253. The molecule has 8 heteroatoms. The summed E-state index contributed by atoms with van der Waals surface area (Å²) in [5, 5.41) is 12.0. The zero-order chi connectivity index (χ0) is 28.7. The number of halogens is 3. The van der Waals surface area contributed by atoms with Gasteiger partial charge in [-0.2, -0.15) is 0 Å². The number of aliphatic hydroxyl groups is 1. The number of nitrogens with zero attached hydrogens (tertiary/aromatic N) is 2. The number of nitrogens with two attached hydrogens (primary N) is 1.